The lowest BCUT2D eigenvalue weighted by Gasteiger charge is -2.27. The predicted octanol–water partition coefficient (Wildman–Crippen LogP) is 2.59. The lowest BCUT2D eigenvalue weighted by atomic mass is 10.1. The molecule has 1 heterocycles. The van der Waals surface area contributed by atoms with Crippen molar-refractivity contribution in [2.45, 2.75) is 32.8 Å². The van der Waals surface area contributed by atoms with Gasteiger partial charge in [-0.05, 0) is 51.4 Å². The van der Waals surface area contributed by atoms with E-state index in [4.69, 9.17) is 4.74 Å². The molecule has 0 aromatic heterocycles. The van der Waals surface area contributed by atoms with Crippen LogP contribution in [0.3, 0.4) is 0 Å². The first-order valence-corrected chi connectivity index (χ1v) is 7.44. The van der Waals surface area contributed by atoms with E-state index >= 15 is 0 Å². The van der Waals surface area contributed by atoms with Crippen LogP contribution in [0.4, 0.5) is 5.69 Å². The highest BCUT2D eigenvalue weighted by Crippen LogP contribution is 2.19. The topological polar surface area (TPSA) is 24.5 Å². The van der Waals surface area contributed by atoms with E-state index in [2.05, 4.69) is 48.3 Å². The van der Waals surface area contributed by atoms with Crippen LogP contribution < -0.4 is 10.2 Å². The molecule has 0 amide bonds. The van der Waals surface area contributed by atoms with E-state index in [0.717, 1.165) is 45.6 Å². The number of ether oxygens (including phenoxy) is 1. The van der Waals surface area contributed by atoms with Gasteiger partial charge in [-0.3, -0.25) is 0 Å². The Bertz CT molecular complexity index is 375. The van der Waals surface area contributed by atoms with Crippen LogP contribution in [-0.4, -0.2) is 38.9 Å². The summed E-state index contributed by atoms with van der Waals surface area (Å²) < 4.78 is 5.99. The van der Waals surface area contributed by atoms with Gasteiger partial charge in [0.1, 0.15) is 0 Å². The number of aryl methyl sites for hydroxylation is 1. The maximum absolute atomic E-state index is 5.99. The maximum Gasteiger partial charge on any atom is 0.0645 e. The third kappa shape index (κ3) is 4.22. The third-order valence-corrected chi connectivity index (χ3v) is 3.84. The van der Waals surface area contributed by atoms with Gasteiger partial charge in [0.25, 0.3) is 0 Å². The molecular formula is C16H26N2O. The molecule has 106 valence electrons. The minimum Gasteiger partial charge on any atom is -0.376 e. The van der Waals surface area contributed by atoms with Crippen LogP contribution in [0.15, 0.2) is 24.3 Å². The number of piperidine rings is 1. The van der Waals surface area contributed by atoms with Gasteiger partial charge in [0, 0.05) is 18.8 Å². The summed E-state index contributed by atoms with van der Waals surface area (Å²) >= 11 is 0. The molecule has 1 N–H and O–H groups in total. The summed E-state index contributed by atoms with van der Waals surface area (Å²) in [6.07, 6.45) is 2.75. The summed E-state index contributed by atoms with van der Waals surface area (Å²) in [5.41, 5.74) is 2.67. The molecule has 1 aliphatic heterocycles. The summed E-state index contributed by atoms with van der Waals surface area (Å²) in [5.74, 6) is 0. The van der Waals surface area contributed by atoms with Gasteiger partial charge in [-0.2, -0.15) is 0 Å². The van der Waals surface area contributed by atoms with Gasteiger partial charge in [-0.1, -0.05) is 18.2 Å². The van der Waals surface area contributed by atoms with Crippen molar-refractivity contribution in [2.75, 3.05) is 37.7 Å². The zero-order valence-electron chi connectivity index (χ0n) is 12.2. The molecule has 1 aromatic rings. The average molecular weight is 262 g/mol. The summed E-state index contributed by atoms with van der Waals surface area (Å²) in [5, 5.41) is 3.37. The Morgan fingerprint density at radius 3 is 2.68 bits per heavy atom. The first-order chi connectivity index (χ1) is 9.31. The Morgan fingerprint density at radius 1 is 1.26 bits per heavy atom. The Balaban J connectivity index is 1.81. The quantitative estimate of drug-likeness (QED) is 0.853. The van der Waals surface area contributed by atoms with Crippen LogP contribution >= 0.6 is 0 Å². The fourth-order valence-electron chi connectivity index (χ4n) is 2.66. The summed E-state index contributed by atoms with van der Waals surface area (Å²) in [6, 6.07) is 8.58. The molecule has 1 aliphatic rings. The Hall–Kier alpha value is -1.06. The fraction of sp³-hybridized carbons (Fsp3) is 0.625. The Morgan fingerprint density at radius 2 is 2.00 bits per heavy atom. The smallest absolute Gasteiger partial charge is 0.0645 e. The van der Waals surface area contributed by atoms with Crippen molar-refractivity contribution in [2.24, 2.45) is 0 Å². The molecule has 0 bridgehead atoms. The number of hydrogen-bond donors (Lipinski definition) is 1. The van der Waals surface area contributed by atoms with Crippen molar-refractivity contribution in [3.05, 3.63) is 29.8 Å². The number of rotatable bonds is 6. The number of anilines is 1. The van der Waals surface area contributed by atoms with Gasteiger partial charge in [0.05, 0.1) is 12.7 Å². The number of nitrogens with zero attached hydrogens (tertiary/aromatic N) is 1. The molecule has 2 rings (SSSR count). The molecule has 0 saturated carbocycles. The number of para-hydroxylation sites is 1. The van der Waals surface area contributed by atoms with Gasteiger partial charge >= 0.3 is 0 Å². The Kier molecular flexibility index (Phi) is 5.67. The Labute approximate surface area is 116 Å². The SMILES string of the molecule is CCN(CCOC1CCNCC1)c1ccccc1C. The number of nitrogens with one attached hydrogen (secondary N) is 1. The lowest BCUT2D eigenvalue weighted by molar-refractivity contribution is 0.0373. The van der Waals surface area contributed by atoms with Crippen molar-refractivity contribution in [3.63, 3.8) is 0 Å². The molecule has 0 aliphatic carbocycles. The van der Waals surface area contributed by atoms with Crippen molar-refractivity contribution >= 4 is 5.69 Å². The monoisotopic (exact) mass is 262 g/mol. The number of benzene rings is 1. The molecule has 3 heteroatoms. The van der Waals surface area contributed by atoms with Crippen LogP contribution in [0.5, 0.6) is 0 Å². The van der Waals surface area contributed by atoms with Crippen molar-refractivity contribution < 1.29 is 4.74 Å². The van der Waals surface area contributed by atoms with Gasteiger partial charge in [0.15, 0.2) is 0 Å². The zero-order valence-corrected chi connectivity index (χ0v) is 12.2. The highest BCUT2D eigenvalue weighted by molar-refractivity contribution is 5.52. The standard InChI is InChI=1S/C16H26N2O/c1-3-18(16-7-5-4-6-14(16)2)12-13-19-15-8-10-17-11-9-15/h4-7,15,17H,3,8-13H2,1-2H3. The van der Waals surface area contributed by atoms with Crippen LogP contribution in [0.25, 0.3) is 0 Å². The van der Waals surface area contributed by atoms with Crippen molar-refractivity contribution in [3.8, 4) is 0 Å². The molecule has 0 atom stereocenters. The maximum atomic E-state index is 5.99. The van der Waals surface area contributed by atoms with Crippen LogP contribution in [0.1, 0.15) is 25.3 Å². The fourth-order valence-corrected chi connectivity index (χ4v) is 2.66. The highest BCUT2D eigenvalue weighted by Gasteiger charge is 2.14. The average Bonchev–Trinajstić information content (AvgIpc) is 2.46. The number of hydrogen-bond acceptors (Lipinski definition) is 3. The third-order valence-electron chi connectivity index (χ3n) is 3.84. The van der Waals surface area contributed by atoms with E-state index in [1.165, 1.54) is 11.3 Å². The first-order valence-electron chi connectivity index (χ1n) is 7.44. The van der Waals surface area contributed by atoms with E-state index in [-0.39, 0.29) is 0 Å². The van der Waals surface area contributed by atoms with Gasteiger partial charge in [0.2, 0.25) is 0 Å². The molecule has 0 radical (unpaired) electrons. The van der Waals surface area contributed by atoms with E-state index < -0.39 is 0 Å². The minimum atomic E-state index is 0.455. The largest absolute Gasteiger partial charge is 0.376 e. The molecular weight excluding hydrogens is 236 g/mol. The summed E-state index contributed by atoms with van der Waals surface area (Å²) in [6.45, 7) is 9.40. The second-order valence-electron chi connectivity index (χ2n) is 5.19. The van der Waals surface area contributed by atoms with E-state index in [1.54, 1.807) is 0 Å². The van der Waals surface area contributed by atoms with Crippen LogP contribution in [-0.2, 0) is 4.74 Å². The minimum absolute atomic E-state index is 0.455. The van der Waals surface area contributed by atoms with Crippen LogP contribution in [0, 0.1) is 6.92 Å². The first kappa shape index (κ1) is 14.4. The molecule has 19 heavy (non-hydrogen) atoms. The molecule has 1 saturated heterocycles. The molecule has 1 aromatic carbocycles. The van der Waals surface area contributed by atoms with Gasteiger partial charge < -0.3 is 15.0 Å². The molecule has 0 spiro atoms. The molecule has 3 nitrogen and oxygen atoms in total. The van der Waals surface area contributed by atoms with Gasteiger partial charge in [-0.25, -0.2) is 0 Å². The molecule has 1 fully saturated rings. The highest BCUT2D eigenvalue weighted by atomic mass is 16.5. The second-order valence-corrected chi connectivity index (χ2v) is 5.19. The zero-order chi connectivity index (χ0) is 13.5. The van der Waals surface area contributed by atoms with E-state index in [9.17, 15) is 0 Å². The second kappa shape index (κ2) is 7.51. The number of likely N-dealkylation sites (N-methyl/N-ethyl adjacent to an activating group) is 1. The van der Waals surface area contributed by atoms with E-state index in [1.807, 2.05) is 0 Å². The molecule has 0 unspecified atom stereocenters. The predicted molar refractivity (Wildman–Crippen MR) is 80.9 cm³/mol. The van der Waals surface area contributed by atoms with Crippen LogP contribution in [0.2, 0.25) is 0 Å². The lowest BCUT2D eigenvalue weighted by Crippen LogP contribution is -2.35. The normalized spacial score (nSPS) is 16.5. The summed E-state index contributed by atoms with van der Waals surface area (Å²) in [4.78, 5) is 2.40. The van der Waals surface area contributed by atoms with E-state index in [0.29, 0.717) is 6.10 Å². The summed E-state index contributed by atoms with van der Waals surface area (Å²) in [7, 11) is 0. The van der Waals surface area contributed by atoms with Crippen molar-refractivity contribution in [1.82, 2.24) is 5.32 Å². The van der Waals surface area contributed by atoms with Crippen molar-refractivity contribution in [1.29, 1.82) is 0 Å². The van der Waals surface area contributed by atoms with Gasteiger partial charge in [-0.15, -0.1) is 0 Å².